The third-order valence-electron chi connectivity index (χ3n) is 1.47. The summed E-state index contributed by atoms with van der Waals surface area (Å²) >= 11 is 0. The summed E-state index contributed by atoms with van der Waals surface area (Å²) in [5, 5.41) is 22.5. The van der Waals surface area contributed by atoms with Gasteiger partial charge in [-0.1, -0.05) is 0 Å². The normalized spacial score (nSPS) is 10.2. The van der Waals surface area contributed by atoms with Gasteiger partial charge in [-0.3, -0.25) is 4.68 Å². The van der Waals surface area contributed by atoms with Crippen molar-refractivity contribution in [3.05, 3.63) is 23.5 Å². The molecule has 0 N–H and O–H groups in total. The maximum Gasteiger partial charge on any atom is 0.145 e. The molecule has 0 aliphatic rings. The second-order valence-corrected chi connectivity index (χ2v) is 2.34. The number of carboxylic acids is 1. The number of hydrogen-bond acceptors (Lipinski definition) is 4. The number of aliphatic carboxylic acids is 1. The summed E-state index contributed by atoms with van der Waals surface area (Å²) in [6.07, 6.45) is 3.55. The van der Waals surface area contributed by atoms with E-state index in [9.17, 15) is 9.90 Å². The molecule has 0 fully saturated rings. The second-order valence-electron chi connectivity index (χ2n) is 2.34. The summed E-state index contributed by atoms with van der Waals surface area (Å²) in [5.74, 6) is -1.30. The van der Waals surface area contributed by atoms with E-state index in [2.05, 4.69) is 5.10 Å². The maximum atomic E-state index is 10.1. The number of nitrogens with zero attached hydrogens (tertiary/aromatic N) is 3. The Morgan fingerprint density at radius 3 is 3.08 bits per heavy atom. The number of carbonyl (C=O) groups is 1. The minimum atomic E-state index is -1.30. The van der Waals surface area contributed by atoms with Crippen LogP contribution in [0.15, 0.2) is 12.3 Å². The first-order valence-electron chi connectivity index (χ1n) is 3.46. The topological polar surface area (TPSA) is 81.7 Å². The number of nitriles is 1. The summed E-state index contributed by atoms with van der Waals surface area (Å²) in [4.78, 5) is 10.1. The van der Waals surface area contributed by atoms with E-state index in [-0.39, 0.29) is 0 Å². The molecule has 0 unspecified atom stereocenters. The molecule has 1 rings (SSSR count). The van der Waals surface area contributed by atoms with Gasteiger partial charge in [-0.2, -0.15) is 10.4 Å². The molecule has 0 bridgehead atoms. The largest absolute Gasteiger partial charge is 0.545 e. The van der Waals surface area contributed by atoms with Gasteiger partial charge >= 0.3 is 0 Å². The first-order chi connectivity index (χ1) is 6.15. The molecule has 0 saturated carbocycles. The molecule has 0 radical (unpaired) electrons. The quantitative estimate of drug-likeness (QED) is 0.544. The van der Waals surface area contributed by atoms with Gasteiger partial charge < -0.3 is 9.90 Å². The van der Waals surface area contributed by atoms with Gasteiger partial charge in [0.1, 0.15) is 11.8 Å². The second kappa shape index (κ2) is 3.54. The molecule has 1 aromatic rings. The third-order valence-corrected chi connectivity index (χ3v) is 1.47. The lowest BCUT2D eigenvalue weighted by Crippen LogP contribution is -2.18. The molecular weight excluding hydrogens is 170 g/mol. The summed E-state index contributed by atoms with van der Waals surface area (Å²) < 4.78 is 1.37. The smallest absolute Gasteiger partial charge is 0.145 e. The number of carbonyl (C=O) groups excluding carboxylic acids is 1. The van der Waals surface area contributed by atoms with Crippen LogP contribution in [0.1, 0.15) is 11.3 Å². The van der Waals surface area contributed by atoms with E-state index in [0.717, 1.165) is 6.08 Å². The van der Waals surface area contributed by atoms with Gasteiger partial charge in [0.25, 0.3) is 0 Å². The molecule has 66 valence electrons. The van der Waals surface area contributed by atoms with E-state index in [1.165, 1.54) is 17.0 Å². The zero-order chi connectivity index (χ0) is 9.84. The molecule has 0 aliphatic heterocycles. The molecule has 0 atom stereocenters. The molecule has 0 saturated heterocycles. The van der Waals surface area contributed by atoms with Crippen LogP contribution in [0.2, 0.25) is 0 Å². The van der Waals surface area contributed by atoms with E-state index in [0.29, 0.717) is 11.3 Å². The summed E-state index contributed by atoms with van der Waals surface area (Å²) in [6.45, 7) is 0. The Kier molecular flexibility index (Phi) is 2.45. The van der Waals surface area contributed by atoms with Gasteiger partial charge in [-0.15, -0.1) is 0 Å². The van der Waals surface area contributed by atoms with Crippen molar-refractivity contribution in [3.8, 4) is 6.07 Å². The van der Waals surface area contributed by atoms with E-state index in [1.807, 2.05) is 6.07 Å². The zero-order valence-corrected chi connectivity index (χ0v) is 6.89. The van der Waals surface area contributed by atoms with Crippen LogP contribution in [0.25, 0.3) is 6.08 Å². The summed E-state index contributed by atoms with van der Waals surface area (Å²) in [5.41, 5.74) is 0.784. The standard InChI is InChI=1S/C8H7N3O2/c1-11-7(4-9)6(5-10-11)2-3-8(12)13/h2-3,5H,1H3,(H,12,13)/p-1/b3-2+. The van der Waals surface area contributed by atoms with Crippen LogP contribution in [-0.4, -0.2) is 15.7 Å². The Morgan fingerprint density at radius 1 is 1.85 bits per heavy atom. The predicted molar refractivity (Wildman–Crippen MR) is 42.0 cm³/mol. The Bertz CT molecular complexity index is 398. The lowest BCUT2D eigenvalue weighted by Gasteiger charge is -1.92. The average Bonchev–Trinajstić information content (AvgIpc) is 2.42. The Morgan fingerprint density at radius 2 is 2.54 bits per heavy atom. The molecule has 5 heteroatoms. The van der Waals surface area contributed by atoms with E-state index in [1.54, 1.807) is 7.05 Å². The molecule has 1 aromatic heterocycles. The highest BCUT2D eigenvalue weighted by Crippen LogP contribution is 2.07. The van der Waals surface area contributed by atoms with Crippen molar-refractivity contribution in [1.82, 2.24) is 9.78 Å². The van der Waals surface area contributed by atoms with Crippen LogP contribution >= 0.6 is 0 Å². The lowest BCUT2D eigenvalue weighted by atomic mass is 10.2. The Hall–Kier alpha value is -2.09. The SMILES string of the molecule is Cn1ncc(/C=C/C(=O)[O-])c1C#N. The first-order valence-corrected chi connectivity index (χ1v) is 3.46. The fraction of sp³-hybridized carbons (Fsp3) is 0.125. The molecule has 0 aromatic carbocycles. The molecule has 5 nitrogen and oxygen atoms in total. The maximum absolute atomic E-state index is 10.1. The number of carboxylic acid groups (broad SMARTS) is 1. The molecule has 0 amide bonds. The molecule has 0 aliphatic carbocycles. The highest BCUT2D eigenvalue weighted by atomic mass is 16.4. The molecule has 0 spiro atoms. The van der Waals surface area contributed by atoms with Crippen molar-refractivity contribution in [2.45, 2.75) is 0 Å². The van der Waals surface area contributed by atoms with Crippen LogP contribution < -0.4 is 5.11 Å². The number of hydrogen-bond donors (Lipinski definition) is 0. The summed E-state index contributed by atoms with van der Waals surface area (Å²) in [7, 11) is 1.61. The number of rotatable bonds is 2. The highest BCUT2D eigenvalue weighted by molar-refractivity contribution is 5.83. The van der Waals surface area contributed by atoms with Crippen molar-refractivity contribution in [3.63, 3.8) is 0 Å². The first kappa shape index (κ1) is 9.00. The Balaban J connectivity index is 3.03. The van der Waals surface area contributed by atoms with Crippen molar-refractivity contribution < 1.29 is 9.90 Å². The van der Waals surface area contributed by atoms with Crippen LogP contribution in [-0.2, 0) is 11.8 Å². The van der Waals surface area contributed by atoms with Crippen LogP contribution in [0.5, 0.6) is 0 Å². The minimum Gasteiger partial charge on any atom is -0.545 e. The van der Waals surface area contributed by atoms with E-state index in [4.69, 9.17) is 5.26 Å². The van der Waals surface area contributed by atoms with Gasteiger partial charge in [-0.25, -0.2) is 0 Å². The van der Waals surface area contributed by atoms with Crippen LogP contribution in [0.4, 0.5) is 0 Å². The highest BCUT2D eigenvalue weighted by Gasteiger charge is 2.03. The average molecular weight is 176 g/mol. The van der Waals surface area contributed by atoms with Gasteiger partial charge in [0.15, 0.2) is 0 Å². The van der Waals surface area contributed by atoms with Gasteiger partial charge in [0, 0.05) is 12.6 Å². The monoisotopic (exact) mass is 176 g/mol. The van der Waals surface area contributed by atoms with Crippen molar-refractivity contribution >= 4 is 12.0 Å². The third kappa shape index (κ3) is 1.93. The van der Waals surface area contributed by atoms with Crippen LogP contribution in [0.3, 0.4) is 0 Å². The fourth-order valence-corrected chi connectivity index (χ4v) is 0.871. The predicted octanol–water partition coefficient (Wildman–Crippen LogP) is -0.945. The van der Waals surface area contributed by atoms with Gasteiger partial charge in [0.2, 0.25) is 0 Å². The fourth-order valence-electron chi connectivity index (χ4n) is 0.871. The van der Waals surface area contributed by atoms with Crippen molar-refractivity contribution in [1.29, 1.82) is 5.26 Å². The number of aryl methyl sites for hydroxylation is 1. The van der Waals surface area contributed by atoms with Gasteiger partial charge in [-0.05, 0) is 12.2 Å². The number of aromatic nitrogens is 2. The lowest BCUT2D eigenvalue weighted by molar-refractivity contribution is -0.297. The van der Waals surface area contributed by atoms with E-state index >= 15 is 0 Å². The molecule has 13 heavy (non-hydrogen) atoms. The van der Waals surface area contributed by atoms with E-state index < -0.39 is 5.97 Å². The summed E-state index contributed by atoms with van der Waals surface area (Å²) in [6, 6.07) is 1.90. The minimum absolute atomic E-state index is 0.317. The van der Waals surface area contributed by atoms with Gasteiger partial charge in [0.05, 0.1) is 12.2 Å². The van der Waals surface area contributed by atoms with Crippen molar-refractivity contribution in [2.75, 3.05) is 0 Å². The zero-order valence-electron chi connectivity index (χ0n) is 6.89. The Labute approximate surface area is 74.5 Å². The van der Waals surface area contributed by atoms with Crippen LogP contribution in [0, 0.1) is 11.3 Å². The molecular formula is C8H6N3O2-. The molecule has 1 heterocycles. The van der Waals surface area contributed by atoms with Crippen molar-refractivity contribution in [2.24, 2.45) is 7.05 Å².